The first-order valence-electron chi connectivity index (χ1n) is 5.02. The van der Waals surface area contributed by atoms with E-state index >= 15 is 0 Å². The number of carbonyl (C=O) groups excluding carboxylic acids is 1. The van der Waals surface area contributed by atoms with Gasteiger partial charge in [-0.05, 0) is 25.0 Å². The van der Waals surface area contributed by atoms with Crippen LogP contribution in [0.25, 0.3) is 0 Å². The number of phenolic OH excluding ortho intramolecular Hbond substituents is 2. The standard InChI is InChI=1S/C11H14BrNO3/c12-6-1-2-7-13-11(16)8-4-3-5-9(14)10(8)15/h3-5,14-15H,1-2,6-7H2,(H,13,16). The van der Waals surface area contributed by atoms with Crippen molar-refractivity contribution in [1.82, 2.24) is 5.32 Å². The Balaban J connectivity index is 2.56. The predicted molar refractivity (Wildman–Crippen MR) is 65.1 cm³/mol. The maximum Gasteiger partial charge on any atom is 0.255 e. The number of alkyl halides is 1. The van der Waals surface area contributed by atoms with Crippen molar-refractivity contribution in [3.05, 3.63) is 23.8 Å². The average molecular weight is 288 g/mol. The zero-order valence-corrected chi connectivity index (χ0v) is 10.3. The molecule has 0 aliphatic carbocycles. The molecule has 0 aromatic heterocycles. The Kier molecular flexibility index (Phi) is 5.11. The van der Waals surface area contributed by atoms with Crippen molar-refractivity contribution in [1.29, 1.82) is 0 Å². The van der Waals surface area contributed by atoms with Crippen LogP contribution >= 0.6 is 15.9 Å². The highest BCUT2D eigenvalue weighted by molar-refractivity contribution is 9.09. The van der Waals surface area contributed by atoms with E-state index in [2.05, 4.69) is 21.2 Å². The van der Waals surface area contributed by atoms with Gasteiger partial charge >= 0.3 is 0 Å². The molecule has 0 unspecified atom stereocenters. The predicted octanol–water partition coefficient (Wildman–Crippen LogP) is 2.00. The molecule has 16 heavy (non-hydrogen) atoms. The number of hydrogen-bond acceptors (Lipinski definition) is 3. The average Bonchev–Trinajstić information content (AvgIpc) is 2.28. The summed E-state index contributed by atoms with van der Waals surface area (Å²) in [6.07, 6.45) is 1.85. The van der Waals surface area contributed by atoms with E-state index in [-0.39, 0.29) is 23.0 Å². The minimum absolute atomic E-state index is 0.0962. The fourth-order valence-electron chi connectivity index (χ4n) is 1.23. The number of carbonyl (C=O) groups is 1. The molecule has 0 bridgehead atoms. The first-order chi connectivity index (χ1) is 7.66. The maximum absolute atomic E-state index is 11.6. The van der Waals surface area contributed by atoms with Gasteiger partial charge in [0.15, 0.2) is 11.5 Å². The van der Waals surface area contributed by atoms with Crippen LogP contribution in [0.1, 0.15) is 23.2 Å². The molecule has 4 nitrogen and oxygen atoms in total. The van der Waals surface area contributed by atoms with Gasteiger partial charge in [0.2, 0.25) is 0 Å². The van der Waals surface area contributed by atoms with Crippen LogP contribution in [-0.4, -0.2) is 28.0 Å². The third-order valence-electron chi connectivity index (χ3n) is 2.11. The second kappa shape index (κ2) is 6.37. The van der Waals surface area contributed by atoms with E-state index < -0.39 is 0 Å². The smallest absolute Gasteiger partial charge is 0.255 e. The monoisotopic (exact) mass is 287 g/mol. The largest absolute Gasteiger partial charge is 0.504 e. The highest BCUT2D eigenvalue weighted by Gasteiger charge is 2.12. The lowest BCUT2D eigenvalue weighted by atomic mass is 10.1. The van der Waals surface area contributed by atoms with Gasteiger partial charge in [-0.25, -0.2) is 0 Å². The molecule has 3 N–H and O–H groups in total. The van der Waals surface area contributed by atoms with Gasteiger partial charge in [-0.3, -0.25) is 4.79 Å². The Morgan fingerprint density at radius 2 is 2.06 bits per heavy atom. The van der Waals surface area contributed by atoms with Crippen molar-refractivity contribution in [3.8, 4) is 11.5 Å². The fourth-order valence-corrected chi connectivity index (χ4v) is 1.63. The molecular formula is C11H14BrNO3. The van der Waals surface area contributed by atoms with E-state index in [0.717, 1.165) is 18.2 Å². The third kappa shape index (κ3) is 3.41. The van der Waals surface area contributed by atoms with Gasteiger partial charge < -0.3 is 15.5 Å². The molecule has 0 saturated carbocycles. The summed E-state index contributed by atoms with van der Waals surface area (Å²) < 4.78 is 0. The summed E-state index contributed by atoms with van der Waals surface area (Å²) in [5.74, 6) is -1.03. The van der Waals surface area contributed by atoms with Crippen LogP contribution in [0.15, 0.2) is 18.2 Å². The van der Waals surface area contributed by atoms with Crippen LogP contribution < -0.4 is 5.32 Å². The molecular weight excluding hydrogens is 274 g/mol. The molecule has 1 amide bonds. The number of unbranched alkanes of at least 4 members (excludes halogenated alkanes) is 1. The molecule has 0 fully saturated rings. The van der Waals surface area contributed by atoms with Crippen LogP contribution in [0.3, 0.4) is 0 Å². The molecule has 1 rings (SSSR count). The van der Waals surface area contributed by atoms with Crippen LogP contribution in [-0.2, 0) is 0 Å². The molecule has 88 valence electrons. The fraction of sp³-hybridized carbons (Fsp3) is 0.364. The van der Waals surface area contributed by atoms with Crippen molar-refractivity contribution in [2.45, 2.75) is 12.8 Å². The zero-order valence-electron chi connectivity index (χ0n) is 8.74. The van der Waals surface area contributed by atoms with Crippen molar-refractivity contribution >= 4 is 21.8 Å². The van der Waals surface area contributed by atoms with Gasteiger partial charge in [0.05, 0.1) is 5.56 Å². The van der Waals surface area contributed by atoms with E-state index in [0.29, 0.717) is 6.54 Å². The van der Waals surface area contributed by atoms with Crippen LogP contribution in [0.4, 0.5) is 0 Å². The van der Waals surface area contributed by atoms with Crippen molar-refractivity contribution < 1.29 is 15.0 Å². The molecule has 1 aromatic carbocycles. The van der Waals surface area contributed by atoms with E-state index in [4.69, 9.17) is 0 Å². The summed E-state index contributed by atoms with van der Waals surface area (Å²) in [5.41, 5.74) is 0.0962. The first-order valence-corrected chi connectivity index (χ1v) is 6.14. The van der Waals surface area contributed by atoms with Gasteiger partial charge in [0.1, 0.15) is 0 Å². The summed E-state index contributed by atoms with van der Waals surface area (Å²) in [5, 5.41) is 22.2. The second-order valence-electron chi connectivity index (χ2n) is 3.33. The number of amides is 1. The van der Waals surface area contributed by atoms with Crippen LogP contribution in [0.2, 0.25) is 0 Å². The molecule has 0 spiro atoms. The minimum Gasteiger partial charge on any atom is -0.504 e. The molecule has 0 radical (unpaired) electrons. The molecule has 0 saturated heterocycles. The number of benzene rings is 1. The highest BCUT2D eigenvalue weighted by Crippen LogP contribution is 2.27. The topological polar surface area (TPSA) is 69.6 Å². The number of nitrogens with one attached hydrogen (secondary N) is 1. The van der Waals surface area contributed by atoms with Gasteiger partial charge in [0.25, 0.3) is 5.91 Å². The molecule has 1 aromatic rings. The quantitative estimate of drug-likeness (QED) is 0.441. The van der Waals surface area contributed by atoms with Gasteiger partial charge in [-0.15, -0.1) is 0 Å². The summed E-state index contributed by atoms with van der Waals surface area (Å²) >= 11 is 3.30. The Bertz CT molecular complexity index is 368. The van der Waals surface area contributed by atoms with E-state index in [1.807, 2.05) is 0 Å². The minimum atomic E-state index is -0.375. The van der Waals surface area contributed by atoms with Gasteiger partial charge in [-0.1, -0.05) is 22.0 Å². The molecule has 5 heteroatoms. The lowest BCUT2D eigenvalue weighted by Crippen LogP contribution is -2.24. The normalized spacial score (nSPS) is 10.1. The number of rotatable bonds is 5. The van der Waals surface area contributed by atoms with Gasteiger partial charge in [-0.2, -0.15) is 0 Å². The molecule has 0 aliphatic rings. The Morgan fingerprint density at radius 1 is 1.31 bits per heavy atom. The van der Waals surface area contributed by atoms with Crippen LogP contribution in [0, 0.1) is 0 Å². The SMILES string of the molecule is O=C(NCCCCBr)c1cccc(O)c1O. The number of aromatic hydroxyl groups is 2. The van der Waals surface area contributed by atoms with Crippen molar-refractivity contribution in [2.75, 3.05) is 11.9 Å². The summed E-state index contributed by atoms with van der Waals surface area (Å²) in [7, 11) is 0. The number of halogens is 1. The third-order valence-corrected chi connectivity index (χ3v) is 2.67. The Morgan fingerprint density at radius 3 is 2.75 bits per heavy atom. The van der Waals surface area contributed by atoms with E-state index in [1.165, 1.54) is 18.2 Å². The molecule has 0 heterocycles. The number of phenols is 2. The van der Waals surface area contributed by atoms with Gasteiger partial charge in [0, 0.05) is 11.9 Å². The lowest BCUT2D eigenvalue weighted by Gasteiger charge is -2.07. The first kappa shape index (κ1) is 12.8. The molecule has 0 aliphatic heterocycles. The van der Waals surface area contributed by atoms with E-state index in [1.54, 1.807) is 0 Å². The summed E-state index contributed by atoms with van der Waals surface area (Å²) in [6.45, 7) is 0.555. The van der Waals surface area contributed by atoms with Crippen molar-refractivity contribution in [2.24, 2.45) is 0 Å². The summed E-state index contributed by atoms with van der Waals surface area (Å²) in [4.78, 5) is 11.6. The zero-order chi connectivity index (χ0) is 12.0. The number of hydrogen-bond donors (Lipinski definition) is 3. The van der Waals surface area contributed by atoms with Crippen LogP contribution in [0.5, 0.6) is 11.5 Å². The maximum atomic E-state index is 11.6. The number of para-hydroxylation sites is 1. The van der Waals surface area contributed by atoms with Crippen molar-refractivity contribution in [3.63, 3.8) is 0 Å². The van der Waals surface area contributed by atoms with E-state index in [9.17, 15) is 15.0 Å². The highest BCUT2D eigenvalue weighted by atomic mass is 79.9. The summed E-state index contributed by atoms with van der Waals surface area (Å²) in [6, 6.07) is 4.31. The second-order valence-corrected chi connectivity index (χ2v) is 4.12. The molecule has 0 atom stereocenters. The lowest BCUT2D eigenvalue weighted by molar-refractivity contribution is 0.0950. The Labute approximate surface area is 102 Å². The Hall–Kier alpha value is -1.23.